The molecule has 0 saturated carbocycles. The van der Waals surface area contributed by atoms with Gasteiger partial charge < -0.3 is 14.8 Å². The van der Waals surface area contributed by atoms with E-state index in [1.807, 2.05) is 24.3 Å². The zero-order valence-corrected chi connectivity index (χ0v) is 17.0. The summed E-state index contributed by atoms with van der Waals surface area (Å²) in [6.07, 6.45) is -2.41. The third-order valence-electron chi connectivity index (χ3n) is 6.15. The van der Waals surface area contributed by atoms with Crippen LogP contribution in [0.2, 0.25) is 0 Å². The fourth-order valence-electron chi connectivity index (χ4n) is 4.55. The van der Waals surface area contributed by atoms with Crippen molar-refractivity contribution in [1.29, 1.82) is 0 Å². The molecule has 0 amide bonds. The monoisotopic (exact) mass is 432 g/mol. The molecule has 6 nitrogen and oxygen atoms in total. The van der Waals surface area contributed by atoms with Crippen molar-refractivity contribution < 1.29 is 22.6 Å². The van der Waals surface area contributed by atoms with Gasteiger partial charge in [0.15, 0.2) is 0 Å². The third kappa shape index (κ3) is 3.72. The molecule has 3 atom stereocenters. The molecule has 0 aliphatic carbocycles. The van der Waals surface area contributed by atoms with E-state index in [0.717, 1.165) is 37.0 Å². The number of alkyl halides is 3. The zero-order valence-electron chi connectivity index (χ0n) is 17.0. The van der Waals surface area contributed by atoms with Crippen molar-refractivity contribution in [3.63, 3.8) is 0 Å². The summed E-state index contributed by atoms with van der Waals surface area (Å²) in [5.74, 6) is 0.789. The van der Waals surface area contributed by atoms with Crippen molar-refractivity contribution in [2.45, 2.75) is 30.9 Å². The van der Waals surface area contributed by atoms with Crippen LogP contribution in [0.5, 0.6) is 5.75 Å². The summed E-state index contributed by atoms with van der Waals surface area (Å²) in [5, 5.41) is 7.65. The molecule has 1 aromatic heterocycles. The molecule has 0 spiro atoms. The molecule has 5 rings (SSSR count). The number of para-hydroxylation sites is 1. The van der Waals surface area contributed by atoms with Gasteiger partial charge in [0.1, 0.15) is 12.4 Å². The highest BCUT2D eigenvalue weighted by Crippen LogP contribution is 2.39. The SMILES string of the molecule is COC1CCN(C2COc3ccccc3C2Nc2cccc3nn(C(F)(F)F)cc23)C1. The first-order valence-corrected chi connectivity index (χ1v) is 10.2. The highest BCUT2D eigenvalue weighted by molar-refractivity contribution is 5.91. The van der Waals surface area contributed by atoms with Gasteiger partial charge in [0.2, 0.25) is 0 Å². The average molecular weight is 432 g/mol. The Balaban J connectivity index is 1.52. The van der Waals surface area contributed by atoms with Crippen LogP contribution < -0.4 is 10.1 Å². The second kappa shape index (κ2) is 7.72. The van der Waals surface area contributed by atoms with Gasteiger partial charge in [0, 0.05) is 43.0 Å². The standard InChI is InChI=1S/C22H23F3N4O2/c1-30-14-9-10-28(11-14)19-13-31-20-8-3-2-5-15(20)21(19)26-17-6-4-7-18-16(17)12-29(27-18)22(23,24)25/h2-8,12,14,19,21,26H,9-11,13H2,1H3. The van der Waals surface area contributed by atoms with E-state index in [1.54, 1.807) is 25.3 Å². The van der Waals surface area contributed by atoms with Crippen LogP contribution in [0.25, 0.3) is 10.9 Å². The number of ether oxygens (including phenoxy) is 2. The van der Waals surface area contributed by atoms with Crippen LogP contribution in [0.3, 0.4) is 0 Å². The van der Waals surface area contributed by atoms with E-state index >= 15 is 0 Å². The Hall–Kier alpha value is -2.78. The number of hydrogen-bond acceptors (Lipinski definition) is 5. The van der Waals surface area contributed by atoms with Crippen LogP contribution in [-0.4, -0.2) is 53.6 Å². The number of hydrogen-bond donors (Lipinski definition) is 1. The van der Waals surface area contributed by atoms with Crippen LogP contribution in [0.1, 0.15) is 18.0 Å². The quantitative estimate of drug-likeness (QED) is 0.672. The van der Waals surface area contributed by atoms with Gasteiger partial charge in [-0.15, -0.1) is 13.2 Å². The first kappa shape index (κ1) is 20.1. The normalized spacial score (nSPS) is 24.2. The number of nitrogens with one attached hydrogen (secondary N) is 1. The van der Waals surface area contributed by atoms with Gasteiger partial charge in [-0.05, 0) is 24.6 Å². The van der Waals surface area contributed by atoms with Crippen LogP contribution in [0.15, 0.2) is 48.7 Å². The molecule has 2 aliphatic rings. The number of nitrogens with zero attached hydrogens (tertiary/aromatic N) is 3. The van der Waals surface area contributed by atoms with Crippen molar-refractivity contribution in [2.75, 3.05) is 32.1 Å². The predicted molar refractivity (Wildman–Crippen MR) is 110 cm³/mol. The van der Waals surface area contributed by atoms with Gasteiger partial charge in [-0.25, -0.2) is 0 Å². The Kier molecular flexibility index (Phi) is 5.02. The lowest BCUT2D eigenvalue weighted by atomic mass is 9.94. The van der Waals surface area contributed by atoms with E-state index < -0.39 is 6.30 Å². The molecule has 3 heterocycles. The van der Waals surface area contributed by atoms with E-state index in [4.69, 9.17) is 9.47 Å². The maximum atomic E-state index is 13.2. The molecule has 2 aliphatic heterocycles. The van der Waals surface area contributed by atoms with Crippen molar-refractivity contribution in [2.24, 2.45) is 0 Å². The van der Waals surface area contributed by atoms with Crippen LogP contribution >= 0.6 is 0 Å². The number of anilines is 1. The molecule has 1 fully saturated rings. The van der Waals surface area contributed by atoms with E-state index in [9.17, 15) is 13.2 Å². The van der Waals surface area contributed by atoms with Crippen LogP contribution in [0.4, 0.5) is 18.9 Å². The molecule has 164 valence electrons. The number of methoxy groups -OCH3 is 1. The number of likely N-dealkylation sites (tertiary alicyclic amines) is 1. The van der Waals surface area contributed by atoms with E-state index in [2.05, 4.69) is 15.3 Å². The van der Waals surface area contributed by atoms with Gasteiger partial charge in [0.05, 0.1) is 23.7 Å². The Morgan fingerprint density at radius 1 is 1.16 bits per heavy atom. The molecule has 31 heavy (non-hydrogen) atoms. The molecular weight excluding hydrogens is 409 g/mol. The lowest BCUT2D eigenvalue weighted by molar-refractivity contribution is -0.211. The molecule has 2 aromatic carbocycles. The summed E-state index contributed by atoms with van der Waals surface area (Å²) >= 11 is 0. The van der Waals surface area contributed by atoms with Crippen molar-refractivity contribution in [3.8, 4) is 5.75 Å². The maximum Gasteiger partial charge on any atom is 0.504 e. The molecule has 3 aromatic rings. The largest absolute Gasteiger partial charge is 0.504 e. The van der Waals surface area contributed by atoms with Crippen LogP contribution in [-0.2, 0) is 11.0 Å². The number of fused-ring (bicyclic) bond motifs is 2. The molecule has 0 bridgehead atoms. The maximum absolute atomic E-state index is 13.2. The minimum atomic E-state index is -4.56. The number of benzene rings is 2. The second-order valence-corrected chi connectivity index (χ2v) is 7.96. The van der Waals surface area contributed by atoms with Gasteiger partial charge >= 0.3 is 6.30 Å². The van der Waals surface area contributed by atoms with E-state index in [-0.39, 0.29) is 22.9 Å². The Labute approximate surface area is 177 Å². The molecule has 9 heteroatoms. The van der Waals surface area contributed by atoms with Gasteiger partial charge in [-0.2, -0.15) is 9.78 Å². The van der Waals surface area contributed by atoms with Gasteiger partial charge in [-0.3, -0.25) is 4.90 Å². The first-order chi connectivity index (χ1) is 14.9. The fourth-order valence-corrected chi connectivity index (χ4v) is 4.55. The highest BCUT2D eigenvalue weighted by Gasteiger charge is 2.39. The average Bonchev–Trinajstić information content (AvgIpc) is 3.41. The smallest absolute Gasteiger partial charge is 0.491 e. The number of halogens is 3. The Morgan fingerprint density at radius 2 is 2.00 bits per heavy atom. The lowest BCUT2D eigenvalue weighted by Gasteiger charge is -2.39. The Morgan fingerprint density at radius 3 is 2.77 bits per heavy atom. The fraction of sp³-hybridized carbons (Fsp3) is 0.409. The minimum absolute atomic E-state index is 0.0166. The molecule has 0 radical (unpaired) electrons. The molecule has 3 unspecified atom stereocenters. The molecular formula is C22H23F3N4O2. The van der Waals surface area contributed by atoms with Crippen molar-refractivity contribution in [1.82, 2.24) is 14.7 Å². The molecule has 1 saturated heterocycles. The van der Waals surface area contributed by atoms with Crippen molar-refractivity contribution >= 4 is 16.6 Å². The lowest BCUT2D eigenvalue weighted by Crippen LogP contribution is -2.47. The van der Waals surface area contributed by atoms with E-state index in [1.165, 1.54) is 0 Å². The van der Waals surface area contributed by atoms with E-state index in [0.29, 0.717) is 23.2 Å². The van der Waals surface area contributed by atoms with Crippen LogP contribution in [0, 0.1) is 0 Å². The highest BCUT2D eigenvalue weighted by atomic mass is 19.4. The second-order valence-electron chi connectivity index (χ2n) is 7.96. The summed E-state index contributed by atoms with van der Waals surface area (Å²) in [6.45, 7) is 2.16. The number of rotatable bonds is 4. The Bertz CT molecular complexity index is 1080. The summed E-state index contributed by atoms with van der Waals surface area (Å²) < 4.78 is 51.2. The minimum Gasteiger partial charge on any atom is -0.491 e. The predicted octanol–water partition coefficient (Wildman–Crippen LogP) is 4.15. The van der Waals surface area contributed by atoms with Gasteiger partial charge in [-0.1, -0.05) is 24.3 Å². The first-order valence-electron chi connectivity index (χ1n) is 10.2. The van der Waals surface area contributed by atoms with Crippen molar-refractivity contribution in [3.05, 3.63) is 54.2 Å². The van der Waals surface area contributed by atoms with Gasteiger partial charge in [0.25, 0.3) is 0 Å². The third-order valence-corrected chi connectivity index (χ3v) is 6.15. The topological polar surface area (TPSA) is 51.6 Å². The summed E-state index contributed by atoms with van der Waals surface area (Å²) in [7, 11) is 1.72. The number of aromatic nitrogens is 2. The summed E-state index contributed by atoms with van der Waals surface area (Å²) in [4.78, 5) is 2.33. The zero-order chi connectivity index (χ0) is 21.6. The summed E-state index contributed by atoms with van der Waals surface area (Å²) in [5.41, 5.74) is 1.89. The molecule has 1 N–H and O–H groups in total. The summed E-state index contributed by atoms with van der Waals surface area (Å²) in [6, 6.07) is 12.7.